The number of carbonyl (C=O) groups is 1. The summed E-state index contributed by atoms with van der Waals surface area (Å²) >= 11 is 0. The van der Waals surface area contributed by atoms with Crippen LogP contribution >= 0.6 is 0 Å². The number of carbonyl (C=O) groups excluding carboxylic acids is 1. The van der Waals surface area contributed by atoms with Crippen LogP contribution in [0.3, 0.4) is 0 Å². The van der Waals surface area contributed by atoms with Gasteiger partial charge in [-0.15, -0.1) is 4.91 Å². The molecule has 0 fully saturated rings. The van der Waals surface area contributed by atoms with Crippen LogP contribution in [0, 0.1) is 4.91 Å². The Labute approximate surface area is 75.5 Å². The van der Waals surface area contributed by atoms with Crippen molar-refractivity contribution < 1.29 is 9.53 Å². The van der Waals surface area contributed by atoms with Crippen molar-refractivity contribution in [1.82, 2.24) is 0 Å². The minimum absolute atomic E-state index is 0.104. The van der Waals surface area contributed by atoms with E-state index in [2.05, 4.69) is 5.18 Å². The van der Waals surface area contributed by atoms with Gasteiger partial charge in [0.2, 0.25) is 0 Å². The summed E-state index contributed by atoms with van der Waals surface area (Å²) in [5.74, 6) is 0.271. The molecule has 0 N–H and O–H groups in total. The first kappa shape index (κ1) is 9.38. The monoisotopic (exact) mass is 179 g/mol. The molecule has 0 aliphatic heterocycles. The maximum Gasteiger partial charge on any atom is 0.159 e. The Kier molecular flexibility index (Phi) is 2.74. The Balaban J connectivity index is 3.20. The number of nitroso groups, excluding NO2 is 1. The van der Waals surface area contributed by atoms with Crippen LogP contribution in [0.1, 0.15) is 17.3 Å². The van der Waals surface area contributed by atoms with E-state index in [1.54, 1.807) is 12.1 Å². The molecule has 1 aromatic carbocycles. The SMILES string of the molecule is COc1ccc(C(C)=O)cc1N=O. The summed E-state index contributed by atoms with van der Waals surface area (Å²) in [6.45, 7) is 1.43. The van der Waals surface area contributed by atoms with Crippen molar-refractivity contribution in [3.63, 3.8) is 0 Å². The second kappa shape index (κ2) is 3.80. The van der Waals surface area contributed by atoms with Gasteiger partial charge in [-0.25, -0.2) is 0 Å². The molecule has 0 heterocycles. The molecule has 0 aliphatic rings. The van der Waals surface area contributed by atoms with Gasteiger partial charge in [-0.05, 0) is 30.3 Å². The molecule has 1 aromatic rings. The van der Waals surface area contributed by atoms with Gasteiger partial charge in [-0.3, -0.25) is 4.79 Å². The van der Waals surface area contributed by atoms with Gasteiger partial charge in [0.05, 0.1) is 7.11 Å². The number of nitrogens with zero attached hydrogens (tertiary/aromatic N) is 1. The van der Waals surface area contributed by atoms with Crippen LogP contribution in [0.4, 0.5) is 5.69 Å². The average molecular weight is 179 g/mol. The molecule has 4 nitrogen and oxygen atoms in total. The van der Waals surface area contributed by atoms with Crippen molar-refractivity contribution in [3.8, 4) is 5.75 Å². The fourth-order valence-electron chi connectivity index (χ4n) is 0.980. The average Bonchev–Trinajstić information content (AvgIpc) is 2.16. The predicted octanol–water partition coefficient (Wildman–Crippen LogP) is 2.30. The highest BCUT2D eigenvalue weighted by molar-refractivity contribution is 5.95. The molecule has 0 aromatic heterocycles. The van der Waals surface area contributed by atoms with Crippen LogP contribution in [0.15, 0.2) is 23.4 Å². The van der Waals surface area contributed by atoms with Crippen LogP contribution in [-0.2, 0) is 0 Å². The molecule has 0 bridgehead atoms. The number of methoxy groups -OCH3 is 1. The highest BCUT2D eigenvalue weighted by Crippen LogP contribution is 2.27. The molecular formula is C9H9NO3. The second-order valence-electron chi connectivity index (χ2n) is 2.53. The minimum atomic E-state index is -0.104. The third-order valence-corrected chi connectivity index (χ3v) is 1.68. The van der Waals surface area contributed by atoms with Crippen molar-refractivity contribution in [2.45, 2.75) is 6.92 Å². The van der Waals surface area contributed by atoms with Gasteiger partial charge in [0, 0.05) is 5.56 Å². The first-order valence-corrected chi connectivity index (χ1v) is 3.71. The predicted molar refractivity (Wildman–Crippen MR) is 48.5 cm³/mol. The third kappa shape index (κ3) is 1.90. The van der Waals surface area contributed by atoms with Gasteiger partial charge in [0.1, 0.15) is 5.75 Å². The van der Waals surface area contributed by atoms with E-state index >= 15 is 0 Å². The quantitative estimate of drug-likeness (QED) is 0.528. The lowest BCUT2D eigenvalue weighted by Crippen LogP contribution is -1.92. The van der Waals surface area contributed by atoms with E-state index in [0.29, 0.717) is 11.3 Å². The lowest BCUT2D eigenvalue weighted by atomic mass is 10.1. The Morgan fingerprint density at radius 3 is 2.62 bits per heavy atom. The number of rotatable bonds is 3. The molecule has 0 aliphatic carbocycles. The molecule has 0 radical (unpaired) electrons. The summed E-state index contributed by atoms with van der Waals surface area (Å²) in [7, 11) is 1.44. The highest BCUT2D eigenvalue weighted by Gasteiger charge is 2.06. The third-order valence-electron chi connectivity index (χ3n) is 1.68. The molecule has 0 saturated heterocycles. The van der Waals surface area contributed by atoms with E-state index in [4.69, 9.17) is 4.74 Å². The zero-order chi connectivity index (χ0) is 9.84. The molecule has 0 amide bonds. The normalized spacial score (nSPS) is 9.38. The highest BCUT2D eigenvalue weighted by atomic mass is 16.5. The Morgan fingerprint density at radius 1 is 1.46 bits per heavy atom. The molecule has 0 saturated carbocycles. The summed E-state index contributed by atoms with van der Waals surface area (Å²) in [6, 6.07) is 4.55. The number of hydrogen-bond donors (Lipinski definition) is 0. The van der Waals surface area contributed by atoms with Gasteiger partial charge < -0.3 is 4.74 Å². The van der Waals surface area contributed by atoms with E-state index in [1.807, 2.05) is 0 Å². The van der Waals surface area contributed by atoms with Crippen LogP contribution in [0.5, 0.6) is 5.75 Å². The van der Waals surface area contributed by atoms with Crippen LogP contribution in [-0.4, -0.2) is 12.9 Å². The maximum atomic E-state index is 10.9. The van der Waals surface area contributed by atoms with Gasteiger partial charge in [0.25, 0.3) is 0 Å². The number of ether oxygens (including phenoxy) is 1. The maximum absolute atomic E-state index is 10.9. The summed E-state index contributed by atoms with van der Waals surface area (Å²) in [4.78, 5) is 21.2. The smallest absolute Gasteiger partial charge is 0.159 e. The van der Waals surface area contributed by atoms with E-state index < -0.39 is 0 Å². The van der Waals surface area contributed by atoms with Crippen molar-refractivity contribution in [3.05, 3.63) is 28.7 Å². The number of benzene rings is 1. The molecular weight excluding hydrogens is 170 g/mol. The molecule has 4 heteroatoms. The number of ketones is 1. The van der Waals surface area contributed by atoms with E-state index in [-0.39, 0.29) is 11.5 Å². The Hall–Kier alpha value is -1.71. The molecule has 1 rings (SSSR count). The first-order valence-electron chi connectivity index (χ1n) is 3.71. The summed E-state index contributed by atoms with van der Waals surface area (Å²) in [5.41, 5.74) is 0.602. The van der Waals surface area contributed by atoms with Gasteiger partial charge in [-0.2, -0.15) is 0 Å². The molecule has 0 unspecified atom stereocenters. The standard InChI is InChI=1S/C9H9NO3/c1-6(11)7-3-4-9(13-2)8(5-7)10-12/h3-5H,1-2H3. The zero-order valence-electron chi connectivity index (χ0n) is 7.40. The minimum Gasteiger partial charge on any atom is -0.494 e. The van der Waals surface area contributed by atoms with Crippen molar-refractivity contribution in [2.75, 3.05) is 7.11 Å². The molecule has 13 heavy (non-hydrogen) atoms. The fraction of sp³-hybridized carbons (Fsp3) is 0.222. The van der Waals surface area contributed by atoms with E-state index in [1.165, 1.54) is 20.1 Å². The van der Waals surface area contributed by atoms with Crippen molar-refractivity contribution in [2.24, 2.45) is 5.18 Å². The second-order valence-corrected chi connectivity index (χ2v) is 2.53. The molecule has 68 valence electrons. The summed E-state index contributed by atoms with van der Waals surface area (Å²) in [5, 5.41) is 2.76. The lowest BCUT2D eigenvalue weighted by molar-refractivity contribution is 0.101. The first-order chi connectivity index (χ1) is 6.19. The molecule has 0 atom stereocenters. The molecule has 0 spiro atoms. The largest absolute Gasteiger partial charge is 0.494 e. The topological polar surface area (TPSA) is 55.7 Å². The number of hydrogen-bond acceptors (Lipinski definition) is 4. The van der Waals surface area contributed by atoms with E-state index in [9.17, 15) is 9.70 Å². The van der Waals surface area contributed by atoms with Gasteiger partial charge >= 0.3 is 0 Å². The van der Waals surface area contributed by atoms with Gasteiger partial charge in [-0.1, -0.05) is 0 Å². The summed E-state index contributed by atoms with van der Waals surface area (Å²) < 4.78 is 4.87. The van der Waals surface area contributed by atoms with Crippen molar-refractivity contribution in [1.29, 1.82) is 0 Å². The Morgan fingerprint density at radius 2 is 2.15 bits per heavy atom. The van der Waals surface area contributed by atoms with Gasteiger partial charge in [0.15, 0.2) is 11.5 Å². The summed E-state index contributed by atoms with van der Waals surface area (Å²) in [6.07, 6.45) is 0. The van der Waals surface area contributed by atoms with Crippen LogP contribution < -0.4 is 4.74 Å². The number of Topliss-reactive ketones (excluding diaryl/α,β-unsaturated/α-hetero) is 1. The Bertz CT molecular complexity index is 347. The zero-order valence-corrected chi connectivity index (χ0v) is 7.40. The van der Waals surface area contributed by atoms with E-state index in [0.717, 1.165) is 0 Å². The van der Waals surface area contributed by atoms with Crippen molar-refractivity contribution >= 4 is 11.5 Å². The fourth-order valence-corrected chi connectivity index (χ4v) is 0.980. The lowest BCUT2D eigenvalue weighted by Gasteiger charge is -2.02. The van der Waals surface area contributed by atoms with Crippen LogP contribution in [0.2, 0.25) is 0 Å². The van der Waals surface area contributed by atoms with Crippen LogP contribution in [0.25, 0.3) is 0 Å².